The molecule has 0 saturated carbocycles. The van der Waals surface area contributed by atoms with Crippen LogP contribution in [-0.4, -0.2) is 66.5 Å². The van der Waals surface area contributed by atoms with Gasteiger partial charge in [-0.1, -0.05) is 17.3 Å². The molecular weight excluding hydrogens is 526 g/mol. The number of aliphatic imine (C=N–C) groups is 1. The van der Waals surface area contributed by atoms with E-state index in [0.29, 0.717) is 13.0 Å². The number of ether oxygens (including phenoxy) is 1. The molecule has 1 saturated heterocycles. The predicted octanol–water partition coefficient (Wildman–Crippen LogP) is 3.52. The summed E-state index contributed by atoms with van der Waals surface area (Å²) >= 11 is 0. The number of benzene rings is 1. The molecule has 0 aliphatic carbocycles. The Morgan fingerprint density at radius 2 is 1.87 bits per heavy atom. The van der Waals surface area contributed by atoms with Crippen LogP contribution < -0.4 is 10.1 Å². The van der Waals surface area contributed by atoms with Crippen LogP contribution in [0.25, 0.3) is 0 Å². The molecule has 2 aromatic rings. The van der Waals surface area contributed by atoms with E-state index in [9.17, 15) is 13.2 Å². The van der Waals surface area contributed by atoms with Crippen molar-refractivity contribution in [3.8, 4) is 5.75 Å². The van der Waals surface area contributed by atoms with Gasteiger partial charge in [-0.15, -0.1) is 37.1 Å². The van der Waals surface area contributed by atoms with Crippen LogP contribution in [0.2, 0.25) is 0 Å². The SMILES string of the molecule is CCNC(=NCCc1ccc(OC(F)(F)F)cc1)N1CCN(Cc2ccon2)CC1.I. The van der Waals surface area contributed by atoms with Crippen molar-refractivity contribution in [2.45, 2.75) is 26.3 Å². The van der Waals surface area contributed by atoms with E-state index in [4.69, 9.17) is 4.52 Å². The molecule has 1 aromatic heterocycles. The second kappa shape index (κ2) is 12.1. The standard InChI is InChI=1S/C20H26F3N5O2.HI/c1-2-24-19(28-12-10-27(11-13-28)15-17-8-14-29-26-17)25-9-7-16-3-5-18(6-4-16)30-20(21,22)23;/h3-6,8,14H,2,7,9-13,15H2,1H3,(H,24,25);1H. The van der Waals surface area contributed by atoms with E-state index in [1.807, 2.05) is 13.0 Å². The maximum Gasteiger partial charge on any atom is 0.573 e. The van der Waals surface area contributed by atoms with E-state index in [2.05, 4.69) is 30.0 Å². The number of nitrogens with one attached hydrogen (secondary N) is 1. The Bertz CT molecular complexity index is 792. The second-order valence-electron chi connectivity index (χ2n) is 6.93. The van der Waals surface area contributed by atoms with Crippen molar-refractivity contribution in [3.05, 3.63) is 47.9 Å². The van der Waals surface area contributed by atoms with E-state index >= 15 is 0 Å². The molecule has 0 bridgehead atoms. The van der Waals surface area contributed by atoms with Gasteiger partial charge < -0.3 is 19.5 Å². The van der Waals surface area contributed by atoms with E-state index in [1.54, 1.807) is 18.4 Å². The molecule has 1 aliphatic rings. The van der Waals surface area contributed by atoms with Gasteiger partial charge in [0.2, 0.25) is 0 Å². The van der Waals surface area contributed by atoms with Gasteiger partial charge in [-0.25, -0.2) is 0 Å². The van der Waals surface area contributed by atoms with Crippen molar-refractivity contribution >= 4 is 29.9 Å². The van der Waals surface area contributed by atoms with Crippen LogP contribution in [0.5, 0.6) is 5.75 Å². The number of guanidine groups is 1. The molecule has 11 heteroatoms. The van der Waals surface area contributed by atoms with E-state index in [1.165, 1.54) is 12.1 Å². The average molecular weight is 553 g/mol. The summed E-state index contributed by atoms with van der Waals surface area (Å²) in [4.78, 5) is 9.24. The first kappa shape index (κ1) is 25.2. The molecule has 0 atom stereocenters. The third-order valence-corrected chi connectivity index (χ3v) is 4.70. The monoisotopic (exact) mass is 553 g/mol. The number of halogens is 4. The molecule has 0 radical (unpaired) electrons. The first-order chi connectivity index (χ1) is 14.4. The molecule has 1 aliphatic heterocycles. The molecule has 0 unspecified atom stereocenters. The highest BCUT2D eigenvalue weighted by Crippen LogP contribution is 2.22. The highest BCUT2D eigenvalue weighted by atomic mass is 127. The zero-order chi connectivity index (χ0) is 21.4. The smallest absolute Gasteiger partial charge is 0.406 e. The lowest BCUT2D eigenvalue weighted by molar-refractivity contribution is -0.274. The van der Waals surface area contributed by atoms with Gasteiger partial charge >= 0.3 is 6.36 Å². The largest absolute Gasteiger partial charge is 0.573 e. The molecule has 1 N–H and O–H groups in total. The lowest BCUT2D eigenvalue weighted by Crippen LogP contribution is -2.52. The number of hydrogen-bond donors (Lipinski definition) is 1. The number of piperazine rings is 1. The minimum atomic E-state index is -4.68. The molecule has 3 rings (SSSR count). The van der Waals surface area contributed by atoms with E-state index in [-0.39, 0.29) is 29.7 Å². The maximum absolute atomic E-state index is 12.2. The molecule has 0 amide bonds. The first-order valence-electron chi connectivity index (χ1n) is 9.92. The Balaban J connectivity index is 0.00000341. The quantitative estimate of drug-likeness (QED) is 0.322. The number of rotatable bonds is 7. The molecule has 7 nitrogen and oxygen atoms in total. The van der Waals surface area contributed by atoms with Crippen LogP contribution in [0.1, 0.15) is 18.2 Å². The minimum Gasteiger partial charge on any atom is -0.406 e. The fraction of sp³-hybridized carbons (Fsp3) is 0.500. The highest BCUT2D eigenvalue weighted by Gasteiger charge is 2.30. The van der Waals surface area contributed by atoms with Gasteiger partial charge in [0.15, 0.2) is 5.96 Å². The summed E-state index contributed by atoms with van der Waals surface area (Å²) in [6.45, 7) is 7.61. The van der Waals surface area contributed by atoms with Gasteiger partial charge in [-0.2, -0.15) is 0 Å². The summed E-state index contributed by atoms with van der Waals surface area (Å²) in [6, 6.07) is 7.79. The summed E-state index contributed by atoms with van der Waals surface area (Å²) in [7, 11) is 0. The van der Waals surface area contributed by atoms with Crippen LogP contribution in [0.15, 0.2) is 46.1 Å². The zero-order valence-electron chi connectivity index (χ0n) is 17.3. The average Bonchev–Trinajstić information content (AvgIpc) is 3.21. The van der Waals surface area contributed by atoms with Crippen molar-refractivity contribution in [1.82, 2.24) is 20.3 Å². The van der Waals surface area contributed by atoms with Crippen LogP contribution in [0.3, 0.4) is 0 Å². The Morgan fingerprint density at radius 3 is 2.45 bits per heavy atom. The van der Waals surface area contributed by atoms with E-state index in [0.717, 1.165) is 56.5 Å². The fourth-order valence-electron chi connectivity index (χ4n) is 3.24. The number of hydrogen-bond acceptors (Lipinski definition) is 5. The topological polar surface area (TPSA) is 66.1 Å². The van der Waals surface area contributed by atoms with Crippen molar-refractivity contribution in [2.24, 2.45) is 4.99 Å². The molecule has 0 spiro atoms. The Labute approximate surface area is 196 Å². The zero-order valence-corrected chi connectivity index (χ0v) is 19.6. The Hall–Kier alpha value is -2.02. The van der Waals surface area contributed by atoms with Crippen LogP contribution >= 0.6 is 24.0 Å². The molecule has 31 heavy (non-hydrogen) atoms. The molecular formula is C20H27F3IN5O2. The highest BCUT2D eigenvalue weighted by molar-refractivity contribution is 14.0. The van der Waals surface area contributed by atoms with Crippen molar-refractivity contribution in [1.29, 1.82) is 0 Å². The number of aromatic nitrogens is 1. The van der Waals surface area contributed by atoms with Gasteiger partial charge in [0.25, 0.3) is 0 Å². The maximum atomic E-state index is 12.2. The van der Waals surface area contributed by atoms with Crippen molar-refractivity contribution in [3.63, 3.8) is 0 Å². The van der Waals surface area contributed by atoms with Gasteiger partial charge in [-0.05, 0) is 31.0 Å². The third-order valence-electron chi connectivity index (χ3n) is 4.70. The molecule has 2 heterocycles. The van der Waals surface area contributed by atoms with Gasteiger partial charge in [0.05, 0.1) is 5.69 Å². The van der Waals surface area contributed by atoms with Gasteiger partial charge in [0.1, 0.15) is 12.0 Å². The normalized spacial score (nSPS) is 15.5. The summed E-state index contributed by atoms with van der Waals surface area (Å²) in [6.07, 6.45) is -2.46. The second-order valence-corrected chi connectivity index (χ2v) is 6.93. The number of alkyl halides is 3. The molecule has 172 valence electrons. The molecule has 1 aromatic carbocycles. The van der Waals surface area contributed by atoms with Gasteiger partial charge in [0, 0.05) is 51.9 Å². The van der Waals surface area contributed by atoms with Crippen molar-refractivity contribution < 1.29 is 22.4 Å². The fourth-order valence-corrected chi connectivity index (χ4v) is 3.24. The lowest BCUT2D eigenvalue weighted by Gasteiger charge is -2.36. The van der Waals surface area contributed by atoms with Crippen LogP contribution in [0.4, 0.5) is 13.2 Å². The third kappa shape index (κ3) is 8.56. The van der Waals surface area contributed by atoms with E-state index < -0.39 is 6.36 Å². The Kier molecular flexibility index (Phi) is 9.88. The Morgan fingerprint density at radius 1 is 1.16 bits per heavy atom. The van der Waals surface area contributed by atoms with Crippen LogP contribution in [0, 0.1) is 0 Å². The van der Waals surface area contributed by atoms with Gasteiger partial charge in [-0.3, -0.25) is 9.89 Å². The lowest BCUT2D eigenvalue weighted by atomic mass is 10.1. The molecule has 1 fully saturated rings. The summed E-state index contributed by atoms with van der Waals surface area (Å²) in [5.74, 6) is 0.641. The van der Waals surface area contributed by atoms with Crippen LogP contribution in [-0.2, 0) is 13.0 Å². The van der Waals surface area contributed by atoms with Crippen molar-refractivity contribution in [2.75, 3.05) is 39.3 Å². The first-order valence-corrected chi connectivity index (χ1v) is 9.92. The minimum absolute atomic E-state index is 0. The number of nitrogens with zero attached hydrogens (tertiary/aromatic N) is 4. The summed E-state index contributed by atoms with van der Waals surface area (Å²) < 4.78 is 45.5. The summed E-state index contributed by atoms with van der Waals surface area (Å²) in [5, 5.41) is 7.28. The summed E-state index contributed by atoms with van der Waals surface area (Å²) in [5.41, 5.74) is 1.83. The predicted molar refractivity (Wildman–Crippen MR) is 122 cm³/mol.